The van der Waals surface area contributed by atoms with Crippen molar-refractivity contribution >= 4 is 33.6 Å². The van der Waals surface area contributed by atoms with Crippen LogP contribution in [0.15, 0.2) is 65.2 Å². The van der Waals surface area contributed by atoms with E-state index < -0.39 is 24.2 Å². The third-order valence-electron chi connectivity index (χ3n) is 4.02. The second-order valence-corrected chi connectivity index (χ2v) is 7.02. The SMILES string of the molecule is CO[C@@H](/C=C/C(=O)NO)[C@@H](OC(=O)Nc1ccc(Br)cc1)c1ccccc1OCCO. The molecule has 0 aliphatic carbocycles. The number of para-hydroxylation sites is 1. The number of hydrogen-bond acceptors (Lipinski definition) is 7. The molecule has 2 aromatic carbocycles. The van der Waals surface area contributed by atoms with E-state index in [0.29, 0.717) is 17.0 Å². The molecule has 2 amide bonds. The summed E-state index contributed by atoms with van der Waals surface area (Å²) in [5, 5.41) is 20.4. The lowest BCUT2D eigenvalue weighted by molar-refractivity contribution is -0.124. The van der Waals surface area contributed by atoms with Gasteiger partial charge in [0, 0.05) is 28.9 Å². The Morgan fingerprint density at radius 3 is 2.52 bits per heavy atom. The lowest BCUT2D eigenvalue weighted by Gasteiger charge is -2.26. The number of rotatable bonds is 10. The predicted octanol–water partition coefficient (Wildman–Crippen LogP) is 3.19. The summed E-state index contributed by atoms with van der Waals surface area (Å²) in [6.07, 6.45) is -0.281. The van der Waals surface area contributed by atoms with E-state index in [0.717, 1.165) is 10.5 Å². The zero-order valence-corrected chi connectivity index (χ0v) is 18.2. The normalized spacial score (nSPS) is 12.8. The fourth-order valence-electron chi connectivity index (χ4n) is 2.63. The van der Waals surface area contributed by atoms with Crippen LogP contribution in [-0.4, -0.2) is 48.7 Å². The molecule has 0 heterocycles. The summed E-state index contributed by atoms with van der Waals surface area (Å²) in [7, 11) is 1.38. The van der Waals surface area contributed by atoms with Crippen molar-refractivity contribution in [3.63, 3.8) is 0 Å². The van der Waals surface area contributed by atoms with Crippen molar-refractivity contribution in [1.29, 1.82) is 0 Å². The van der Waals surface area contributed by atoms with Crippen molar-refractivity contribution in [3.05, 3.63) is 70.7 Å². The number of aliphatic hydroxyl groups is 1. The maximum absolute atomic E-state index is 12.6. The van der Waals surface area contributed by atoms with E-state index in [1.165, 1.54) is 18.7 Å². The van der Waals surface area contributed by atoms with Gasteiger partial charge in [0.25, 0.3) is 5.91 Å². The zero-order valence-electron chi connectivity index (χ0n) is 16.7. The summed E-state index contributed by atoms with van der Waals surface area (Å²) in [6.45, 7) is -0.163. The third-order valence-corrected chi connectivity index (χ3v) is 4.55. The van der Waals surface area contributed by atoms with Crippen molar-refractivity contribution in [3.8, 4) is 5.75 Å². The van der Waals surface area contributed by atoms with E-state index in [1.807, 2.05) is 0 Å². The Bertz CT molecular complexity index is 890. The van der Waals surface area contributed by atoms with E-state index in [4.69, 9.17) is 24.5 Å². The average Bonchev–Trinajstić information content (AvgIpc) is 2.78. The minimum Gasteiger partial charge on any atom is -0.491 e. The number of carbonyl (C=O) groups is 2. The lowest BCUT2D eigenvalue weighted by atomic mass is 10.0. The number of anilines is 1. The highest BCUT2D eigenvalue weighted by molar-refractivity contribution is 9.10. The molecule has 0 fully saturated rings. The second kappa shape index (κ2) is 12.7. The molecule has 0 aromatic heterocycles. The van der Waals surface area contributed by atoms with Gasteiger partial charge in [-0.3, -0.25) is 15.3 Å². The zero-order chi connectivity index (χ0) is 22.6. The summed E-state index contributed by atoms with van der Waals surface area (Å²) in [6, 6.07) is 13.7. The number of carbonyl (C=O) groups excluding carboxylic acids is 2. The number of hydrogen-bond donors (Lipinski definition) is 4. The van der Waals surface area contributed by atoms with E-state index in [9.17, 15) is 9.59 Å². The molecule has 4 N–H and O–H groups in total. The molecule has 2 rings (SSSR count). The van der Waals surface area contributed by atoms with Crippen molar-refractivity contribution in [2.75, 3.05) is 25.6 Å². The van der Waals surface area contributed by atoms with Gasteiger partial charge in [0.2, 0.25) is 0 Å². The fourth-order valence-corrected chi connectivity index (χ4v) is 2.89. The number of benzene rings is 2. The highest BCUT2D eigenvalue weighted by atomic mass is 79.9. The van der Waals surface area contributed by atoms with Gasteiger partial charge in [-0.05, 0) is 36.4 Å². The molecule has 2 aromatic rings. The molecule has 0 bridgehead atoms. The van der Waals surface area contributed by atoms with Crippen molar-refractivity contribution < 1.29 is 34.1 Å². The molecular weight excluding hydrogens is 472 g/mol. The van der Waals surface area contributed by atoms with Crippen molar-refractivity contribution in [1.82, 2.24) is 5.48 Å². The minimum atomic E-state index is -1.02. The van der Waals surface area contributed by atoms with Gasteiger partial charge in [0.05, 0.1) is 6.61 Å². The fraction of sp³-hybridized carbons (Fsp3) is 0.238. The van der Waals surface area contributed by atoms with Crippen LogP contribution in [-0.2, 0) is 14.3 Å². The lowest BCUT2D eigenvalue weighted by Crippen LogP contribution is -2.28. The molecule has 2 atom stereocenters. The maximum Gasteiger partial charge on any atom is 0.412 e. The van der Waals surface area contributed by atoms with Crippen LogP contribution in [0.1, 0.15) is 11.7 Å². The van der Waals surface area contributed by atoms with Gasteiger partial charge in [-0.2, -0.15) is 0 Å². The van der Waals surface area contributed by atoms with Gasteiger partial charge in [0.1, 0.15) is 18.5 Å². The first-order valence-electron chi connectivity index (χ1n) is 9.19. The highest BCUT2D eigenvalue weighted by Crippen LogP contribution is 2.32. The summed E-state index contributed by atoms with van der Waals surface area (Å²) in [5.74, 6) is -0.398. The molecule has 31 heavy (non-hydrogen) atoms. The van der Waals surface area contributed by atoms with E-state index in [1.54, 1.807) is 48.5 Å². The van der Waals surface area contributed by atoms with Crippen LogP contribution in [0.2, 0.25) is 0 Å². The molecule has 0 saturated carbocycles. The number of hydroxylamine groups is 1. The van der Waals surface area contributed by atoms with Gasteiger partial charge in [0.15, 0.2) is 6.10 Å². The Morgan fingerprint density at radius 2 is 1.87 bits per heavy atom. The minimum absolute atomic E-state index is 0.0369. The Morgan fingerprint density at radius 1 is 1.16 bits per heavy atom. The van der Waals surface area contributed by atoms with Gasteiger partial charge in [-0.25, -0.2) is 10.3 Å². The molecule has 0 unspecified atom stereocenters. The van der Waals surface area contributed by atoms with E-state index >= 15 is 0 Å². The van der Waals surface area contributed by atoms with Gasteiger partial charge < -0.3 is 19.3 Å². The Kier molecular flexibility index (Phi) is 9.98. The van der Waals surface area contributed by atoms with E-state index in [-0.39, 0.29) is 13.2 Å². The number of ether oxygens (including phenoxy) is 3. The van der Waals surface area contributed by atoms with Crippen LogP contribution in [0.25, 0.3) is 0 Å². The Labute approximate surface area is 187 Å². The first kappa shape index (κ1) is 24.4. The Hall–Kier alpha value is -2.92. The largest absolute Gasteiger partial charge is 0.491 e. The topological polar surface area (TPSA) is 126 Å². The quantitative estimate of drug-likeness (QED) is 0.227. The summed E-state index contributed by atoms with van der Waals surface area (Å²) < 4.78 is 17.5. The monoisotopic (exact) mass is 494 g/mol. The van der Waals surface area contributed by atoms with E-state index in [2.05, 4.69) is 21.2 Å². The highest BCUT2D eigenvalue weighted by Gasteiger charge is 2.28. The van der Waals surface area contributed by atoms with Crippen LogP contribution in [0.5, 0.6) is 5.75 Å². The molecule has 0 aliphatic rings. The Balaban J connectivity index is 2.32. The van der Waals surface area contributed by atoms with Crippen LogP contribution < -0.4 is 15.5 Å². The third kappa shape index (κ3) is 7.68. The summed E-state index contributed by atoms with van der Waals surface area (Å²) in [4.78, 5) is 24.0. The van der Waals surface area contributed by atoms with Crippen LogP contribution in [0.4, 0.5) is 10.5 Å². The molecule has 0 aliphatic heterocycles. The maximum atomic E-state index is 12.6. The number of nitrogens with one attached hydrogen (secondary N) is 2. The predicted molar refractivity (Wildman–Crippen MR) is 116 cm³/mol. The smallest absolute Gasteiger partial charge is 0.412 e. The molecule has 0 radical (unpaired) electrons. The molecule has 166 valence electrons. The van der Waals surface area contributed by atoms with Crippen LogP contribution in [0, 0.1) is 0 Å². The van der Waals surface area contributed by atoms with Gasteiger partial charge in [-0.15, -0.1) is 0 Å². The number of methoxy groups -OCH3 is 1. The van der Waals surface area contributed by atoms with Crippen molar-refractivity contribution in [2.45, 2.75) is 12.2 Å². The molecule has 10 heteroatoms. The summed E-state index contributed by atoms with van der Waals surface area (Å²) >= 11 is 3.32. The number of halogens is 1. The standard InChI is InChI=1S/C21H23BrN2O7/c1-29-18(10-11-19(26)24-28)20(16-4-2-3-5-17(16)30-13-12-25)31-21(27)23-15-8-6-14(22)7-9-15/h2-11,18,20,25,28H,12-13H2,1H3,(H,23,27)(H,24,26)/b11-10+/t18-,20-/m0/s1. The van der Waals surface area contributed by atoms with Crippen molar-refractivity contribution in [2.24, 2.45) is 0 Å². The molecular formula is C21H23BrN2O7. The first-order chi connectivity index (χ1) is 15.0. The summed E-state index contributed by atoms with van der Waals surface area (Å²) in [5.41, 5.74) is 2.46. The van der Waals surface area contributed by atoms with Crippen LogP contribution in [0.3, 0.4) is 0 Å². The second-order valence-electron chi connectivity index (χ2n) is 6.10. The molecule has 0 saturated heterocycles. The molecule has 9 nitrogen and oxygen atoms in total. The molecule has 0 spiro atoms. The number of aliphatic hydroxyl groups excluding tert-OH is 1. The van der Waals surface area contributed by atoms with Gasteiger partial charge in [-0.1, -0.05) is 34.1 Å². The van der Waals surface area contributed by atoms with Crippen LogP contribution >= 0.6 is 15.9 Å². The first-order valence-corrected chi connectivity index (χ1v) is 9.98. The number of amides is 2. The van der Waals surface area contributed by atoms with Gasteiger partial charge >= 0.3 is 6.09 Å². The average molecular weight is 495 g/mol.